The van der Waals surface area contributed by atoms with Gasteiger partial charge in [-0.15, -0.1) is 0 Å². The van der Waals surface area contributed by atoms with Crippen LogP contribution in [0.1, 0.15) is 36.3 Å². The third-order valence-electron chi connectivity index (χ3n) is 6.39. The highest BCUT2D eigenvalue weighted by Gasteiger charge is 2.52. The first kappa shape index (κ1) is 16.4. The van der Waals surface area contributed by atoms with E-state index in [4.69, 9.17) is 4.74 Å². The molecule has 1 saturated heterocycles. The van der Waals surface area contributed by atoms with Gasteiger partial charge in [0.05, 0.1) is 0 Å². The molecular formula is C22H21NO4. The molecule has 0 unspecified atom stereocenters. The summed E-state index contributed by atoms with van der Waals surface area (Å²) in [5.74, 6) is -0.867. The number of benzene rings is 2. The van der Waals surface area contributed by atoms with E-state index in [0.29, 0.717) is 0 Å². The number of aliphatic carboxylic acids is 1. The smallest absolute Gasteiger partial charge is 0.410 e. The maximum Gasteiger partial charge on any atom is 0.410 e. The van der Waals surface area contributed by atoms with Crippen molar-refractivity contribution in [1.82, 2.24) is 4.90 Å². The number of carbonyl (C=O) groups is 2. The van der Waals surface area contributed by atoms with Crippen LogP contribution in [0.4, 0.5) is 4.79 Å². The predicted molar refractivity (Wildman–Crippen MR) is 99.5 cm³/mol. The van der Waals surface area contributed by atoms with Crippen LogP contribution in [0.5, 0.6) is 0 Å². The molecule has 5 heteroatoms. The molecule has 1 saturated carbocycles. The van der Waals surface area contributed by atoms with Crippen LogP contribution >= 0.6 is 0 Å². The van der Waals surface area contributed by atoms with Crippen LogP contribution in [0.3, 0.4) is 0 Å². The standard InChI is InChI=1S/C22H21NO4/c24-21(25)20-13-9-10-14(11-13)23(20)22(26)27-12-19-17-7-3-1-5-15(17)16-6-2-4-8-18(16)19/h1-8,13-14,19-20H,9-12H2,(H,24,25)/t13-,14-,20+/m1/s1. The van der Waals surface area contributed by atoms with Crippen LogP contribution < -0.4 is 0 Å². The van der Waals surface area contributed by atoms with Gasteiger partial charge in [0.1, 0.15) is 12.6 Å². The van der Waals surface area contributed by atoms with Gasteiger partial charge in [-0.2, -0.15) is 0 Å². The number of piperidine rings is 1. The van der Waals surface area contributed by atoms with Crippen LogP contribution in [0.2, 0.25) is 0 Å². The first-order chi connectivity index (χ1) is 13.1. The van der Waals surface area contributed by atoms with Gasteiger partial charge in [0, 0.05) is 12.0 Å². The average molecular weight is 363 g/mol. The highest BCUT2D eigenvalue weighted by Crippen LogP contribution is 2.45. The second kappa shape index (κ2) is 6.12. The van der Waals surface area contributed by atoms with Gasteiger partial charge in [0.2, 0.25) is 0 Å². The van der Waals surface area contributed by atoms with E-state index in [-0.39, 0.29) is 24.5 Å². The lowest BCUT2D eigenvalue weighted by atomic mass is 9.98. The number of carboxylic acid groups (broad SMARTS) is 1. The van der Waals surface area contributed by atoms with Crippen LogP contribution in [-0.4, -0.2) is 40.8 Å². The molecule has 0 radical (unpaired) electrons. The van der Waals surface area contributed by atoms with E-state index in [1.165, 1.54) is 16.0 Å². The van der Waals surface area contributed by atoms with Crippen LogP contribution in [0, 0.1) is 5.92 Å². The number of hydrogen-bond donors (Lipinski definition) is 1. The number of hydrogen-bond acceptors (Lipinski definition) is 3. The van der Waals surface area contributed by atoms with Gasteiger partial charge in [0.15, 0.2) is 0 Å². The molecular weight excluding hydrogens is 342 g/mol. The van der Waals surface area contributed by atoms with Crippen LogP contribution in [0.25, 0.3) is 11.1 Å². The van der Waals surface area contributed by atoms with Crippen molar-refractivity contribution in [2.75, 3.05) is 6.61 Å². The molecule has 138 valence electrons. The zero-order valence-corrected chi connectivity index (χ0v) is 14.9. The molecule has 5 rings (SSSR count). The van der Waals surface area contributed by atoms with E-state index in [1.807, 2.05) is 24.3 Å². The van der Waals surface area contributed by atoms with Gasteiger partial charge in [-0.05, 0) is 47.4 Å². The number of fused-ring (bicyclic) bond motifs is 5. The molecule has 1 amide bonds. The molecule has 1 heterocycles. The van der Waals surface area contributed by atoms with Crippen molar-refractivity contribution in [3.63, 3.8) is 0 Å². The number of amides is 1. The summed E-state index contributed by atoms with van der Waals surface area (Å²) in [5.41, 5.74) is 4.67. The zero-order chi connectivity index (χ0) is 18.5. The molecule has 1 aliphatic heterocycles. The van der Waals surface area contributed by atoms with Gasteiger partial charge in [-0.3, -0.25) is 4.90 Å². The lowest BCUT2D eigenvalue weighted by Crippen LogP contribution is -2.49. The number of ether oxygens (including phenoxy) is 1. The fourth-order valence-electron chi connectivity index (χ4n) is 5.24. The van der Waals surface area contributed by atoms with E-state index >= 15 is 0 Å². The number of carboxylic acids is 1. The average Bonchev–Trinajstić information content (AvgIpc) is 3.38. The van der Waals surface area contributed by atoms with Crippen molar-refractivity contribution >= 4 is 12.1 Å². The summed E-state index contributed by atoms with van der Waals surface area (Å²) in [6.07, 6.45) is 2.05. The number of carbonyl (C=O) groups excluding carboxylic acids is 1. The van der Waals surface area contributed by atoms with Crippen molar-refractivity contribution in [3.8, 4) is 11.1 Å². The van der Waals surface area contributed by atoms with Crippen molar-refractivity contribution in [2.45, 2.75) is 37.3 Å². The quantitative estimate of drug-likeness (QED) is 0.899. The second-order valence-electron chi connectivity index (χ2n) is 7.72. The van der Waals surface area contributed by atoms with E-state index in [1.54, 1.807) is 0 Å². The van der Waals surface area contributed by atoms with Gasteiger partial charge < -0.3 is 9.84 Å². The third kappa shape index (κ3) is 2.45. The van der Waals surface area contributed by atoms with E-state index in [2.05, 4.69) is 24.3 Å². The maximum absolute atomic E-state index is 12.8. The lowest BCUT2D eigenvalue weighted by Gasteiger charge is -2.32. The number of rotatable bonds is 3. The summed E-state index contributed by atoms with van der Waals surface area (Å²) >= 11 is 0. The minimum atomic E-state index is -0.921. The van der Waals surface area contributed by atoms with E-state index in [9.17, 15) is 14.7 Å². The Kier molecular flexibility index (Phi) is 3.71. The Morgan fingerprint density at radius 3 is 2.26 bits per heavy atom. The third-order valence-corrected chi connectivity index (χ3v) is 6.39. The predicted octanol–water partition coefficient (Wildman–Crippen LogP) is 3.87. The Morgan fingerprint density at radius 2 is 1.63 bits per heavy atom. The summed E-state index contributed by atoms with van der Waals surface area (Å²) in [4.78, 5) is 25.9. The summed E-state index contributed by atoms with van der Waals surface area (Å²) in [7, 11) is 0. The minimum Gasteiger partial charge on any atom is -0.480 e. The Hall–Kier alpha value is -2.82. The molecule has 2 aromatic carbocycles. The van der Waals surface area contributed by atoms with Crippen molar-refractivity contribution in [2.24, 2.45) is 5.92 Å². The molecule has 5 nitrogen and oxygen atoms in total. The lowest BCUT2D eigenvalue weighted by molar-refractivity contribution is -0.144. The van der Waals surface area contributed by atoms with Gasteiger partial charge in [-0.1, -0.05) is 48.5 Å². The molecule has 1 N–H and O–H groups in total. The van der Waals surface area contributed by atoms with Crippen LogP contribution in [0.15, 0.2) is 48.5 Å². The SMILES string of the molecule is O=C(O)[C@@H]1[C@@H]2CC[C@H](C2)N1C(=O)OCC1c2ccccc2-c2ccccc21. The van der Waals surface area contributed by atoms with Crippen molar-refractivity contribution in [1.29, 1.82) is 0 Å². The molecule has 2 bridgehead atoms. The highest BCUT2D eigenvalue weighted by atomic mass is 16.6. The Labute approximate surface area is 157 Å². The molecule has 27 heavy (non-hydrogen) atoms. The second-order valence-corrected chi connectivity index (χ2v) is 7.72. The topological polar surface area (TPSA) is 66.8 Å². The molecule has 0 spiro atoms. The summed E-state index contributed by atoms with van der Waals surface area (Å²) in [6.45, 7) is 0.229. The molecule has 2 aliphatic carbocycles. The first-order valence-corrected chi connectivity index (χ1v) is 9.51. The molecule has 2 fully saturated rings. The summed E-state index contributed by atoms with van der Waals surface area (Å²) in [6, 6.07) is 15.6. The largest absolute Gasteiger partial charge is 0.480 e. The monoisotopic (exact) mass is 363 g/mol. The summed E-state index contributed by atoms with van der Waals surface area (Å²) in [5, 5.41) is 9.55. The maximum atomic E-state index is 12.8. The van der Waals surface area contributed by atoms with Crippen molar-refractivity contribution in [3.05, 3.63) is 59.7 Å². The number of nitrogens with zero attached hydrogens (tertiary/aromatic N) is 1. The minimum absolute atomic E-state index is 0.00625. The van der Waals surface area contributed by atoms with Gasteiger partial charge in [-0.25, -0.2) is 9.59 Å². The molecule has 0 aromatic heterocycles. The molecule has 2 aromatic rings. The van der Waals surface area contributed by atoms with Gasteiger partial charge >= 0.3 is 12.1 Å². The fourth-order valence-corrected chi connectivity index (χ4v) is 5.24. The van der Waals surface area contributed by atoms with E-state index in [0.717, 1.165) is 30.4 Å². The first-order valence-electron chi connectivity index (χ1n) is 9.51. The van der Waals surface area contributed by atoms with Gasteiger partial charge in [0.25, 0.3) is 0 Å². The molecule has 3 atom stereocenters. The fraction of sp³-hybridized carbons (Fsp3) is 0.364. The van der Waals surface area contributed by atoms with Crippen LogP contribution in [-0.2, 0) is 9.53 Å². The highest BCUT2D eigenvalue weighted by molar-refractivity contribution is 5.82. The Bertz CT molecular complexity index is 879. The zero-order valence-electron chi connectivity index (χ0n) is 14.9. The number of likely N-dealkylation sites (tertiary alicyclic amines) is 1. The van der Waals surface area contributed by atoms with E-state index < -0.39 is 18.1 Å². The normalized spacial score (nSPS) is 25.3. The Balaban J connectivity index is 1.37. The Morgan fingerprint density at radius 1 is 1.00 bits per heavy atom. The molecule has 3 aliphatic rings. The summed E-state index contributed by atoms with van der Waals surface area (Å²) < 4.78 is 5.68. The van der Waals surface area contributed by atoms with Crippen molar-refractivity contribution < 1.29 is 19.4 Å².